The maximum atomic E-state index is 12.5. The van der Waals surface area contributed by atoms with Gasteiger partial charge in [-0.1, -0.05) is 0 Å². The van der Waals surface area contributed by atoms with Gasteiger partial charge in [-0.3, -0.25) is 4.79 Å². The molecule has 1 aliphatic rings. The maximum Gasteiger partial charge on any atom is 0.416 e. The van der Waals surface area contributed by atoms with Crippen molar-refractivity contribution in [2.24, 2.45) is 5.41 Å². The molecule has 0 aliphatic carbocycles. The molecule has 1 aromatic rings. The van der Waals surface area contributed by atoms with Gasteiger partial charge >= 0.3 is 12.2 Å². The minimum Gasteiger partial charge on any atom is -0.336 e. The number of urea groups is 1. The molecule has 0 unspecified atom stereocenters. The van der Waals surface area contributed by atoms with Crippen molar-refractivity contribution in [1.29, 1.82) is 0 Å². The SMILES string of the molecule is CC1(C)CNC(=O)N(c2ccc(C(F)(F)F)cc2)C1=O. The number of hydrogen-bond donors (Lipinski definition) is 1. The fraction of sp³-hybridized carbons (Fsp3) is 0.385. The minimum absolute atomic E-state index is 0.119. The Hall–Kier alpha value is -2.05. The van der Waals surface area contributed by atoms with Crippen LogP contribution < -0.4 is 10.2 Å². The molecule has 0 saturated carbocycles. The van der Waals surface area contributed by atoms with Crippen molar-refractivity contribution in [2.45, 2.75) is 20.0 Å². The first-order valence-corrected chi connectivity index (χ1v) is 5.92. The zero-order chi connectivity index (χ0) is 15.1. The van der Waals surface area contributed by atoms with Crippen molar-refractivity contribution < 1.29 is 22.8 Å². The molecule has 0 radical (unpaired) electrons. The van der Waals surface area contributed by atoms with Crippen LogP contribution >= 0.6 is 0 Å². The molecular weight excluding hydrogens is 273 g/mol. The van der Waals surface area contributed by atoms with Crippen LogP contribution in [0.2, 0.25) is 0 Å². The third-order valence-corrected chi connectivity index (χ3v) is 3.12. The number of nitrogens with zero attached hydrogens (tertiary/aromatic N) is 1. The Labute approximate surface area is 113 Å². The number of rotatable bonds is 1. The van der Waals surface area contributed by atoms with Crippen molar-refractivity contribution in [1.82, 2.24) is 5.32 Å². The average Bonchev–Trinajstić information content (AvgIpc) is 2.35. The van der Waals surface area contributed by atoms with Crippen LogP contribution in [0.4, 0.5) is 23.7 Å². The van der Waals surface area contributed by atoms with Gasteiger partial charge in [-0.25, -0.2) is 9.69 Å². The smallest absolute Gasteiger partial charge is 0.336 e. The van der Waals surface area contributed by atoms with Crippen LogP contribution in [0.1, 0.15) is 19.4 Å². The van der Waals surface area contributed by atoms with Gasteiger partial charge in [0.1, 0.15) is 0 Å². The number of amides is 3. The summed E-state index contributed by atoms with van der Waals surface area (Å²) in [7, 11) is 0. The van der Waals surface area contributed by atoms with E-state index in [0.29, 0.717) is 0 Å². The molecule has 3 amide bonds. The van der Waals surface area contributed by atoms with E-state index in [2.05, 4.69) is 5.32 Å². The van der Waals surface area contributed by atoms with Crippen molar-refractivity contribution in [3.8, 4) is 0 Å². The van der Waals surface area contributed by atoms with E-state index in [0.717, 1.165) is 29.2 Å². The summed E-state index contributed by atoms with van der Waals surface area (Å²) in [5.74, 6) is -0.444. The maximum absolute atomic E-state index is 12.5. The normalized spacial score (nSPS) is 18.9. The molecule has 20 heavy (non-hydrogen) atoms. The topological polar surface area (TPSA) is 49.4 Å². The first kappa shape index (κ1) is 14.4. The Bertz CT molecular complexity index is 550. The van der Waals surface area contributed by atoms with Gasteiger partial charge in [0.2, 0.25) is 5.91 Å². The Balaban J connectivity index is 2.35. The molecule has 1 heterocycles. The number of anilines is 1. The molecule has 1 aliphatic heterocycles. The zero-order valence-electron chi connectivity index (χ0n) is 10.9. The Morgan fingerprint density at radius 1 is 1.15 bits per heavy atom. The van der Waals surface area contributed by atoms with Gasteiger partial charge in [0.15, 0.2) is 0 Å². The van der Waals surface area contributed by atoms with Gasteiger partial charge in [0.25, 0.3) is 0 Å². The van der Waals surface area contributed by atoms with E-state index in [-0.39, 0.29) is 12.2 Å². The van der Waals surface area contributed by atoms with Crippen LogP contribution in [0.3, 0.4) is 0 Å². The summed E-state index contributed by atoms with van der Waals surface area (Å²) in [4.78, 5) is 24.8. The highest BCUT2D eigenvalue weighted by molar-refractivity contribution is 6.17. The third-order valence-electron chi connectivity index (χ3n) is 3.12. The number of carbonyl (C=O) groups excluding carboxylic acids is 2. The minimum atomic E-state index is -4.45. The lowest BCUT2D eigenvalue weighted by atomic mass is 9.89. The van der Waals surface area contributed by atoms with Crippen LogP contribution in [-0.4, -0.2) is 18.5 Å². The van der Waals surface area contributed by atoms with E-state index in [1.54, 1.807) is 13.8 Å². The average molecular weight is 286 g/mol. The van der Waals surface area contributed by atoms with Gasteiger partial charge in [0.05, 0.1) is 16.7 Å². The molecule has 2 rings (SSSR count). The number of carbonyl (C=O) groups is 2. The predicted molar refractivity (Wildman–Crippen MR) is 66.1 cm³/mol. The lowest BCUT2D eigenvalue weighted by Gasteiger charge is -2.36. The van der Waals surface area contributed by atoms with Crippen molar-refractivity contribution >= 4 is 17.6 Å². The quantitative estimate of drug-likeness (QED) is 0.863. The van der Waals surface area contributed by atoms with Crippen molar-refractivity contribution in [3.05, 3.63) is 29.8 Å². The van der Waals surface area contributed by atoms with Gasteiger partial charge in [-0.05, 0) is 38.1 Å². The van der Waals surface area contributed by atoms with Gasteiger partial charge in [-0.15, -0.1) is 0 Å². The monoisotopic (exact) mass is 286 g/mol. The largest absolute Gasteiger partial charge is 0.416 e. The van der Waals surface area contributed by atoms with E-state index in [1.807, 2.05) is 0 Å². The molecule has 0 bridgehead atoms. The second-order valence-electron chi connectivity index (χ2n) is 5.23. The van der Waals surface area contributed by atoms with E-state index < -0.39 is 29.1 Å². The number of alkyl halides is 3. The van der Waals surface area contributed by atoms with E-state index in [1.165, 1.54) is 0 Å². The standard InChI is InChI=1S/C13H13F3N2O2/c1-12(2)7-17-11(20)18(10(12)19)9-5-3-8(4-6-9)13(14,15)16/h3-6H,7H2,1-2H3,(H,17,20). The Morgan fingerprint density at radius 3 is 2.20 bits per heavy atom. The summed E-state index contributed by atoms with van der Waals surface area (Å²) in [5.41, 5.74) is -1.50. The summed E-state index contributed by atoms with van der Waals surface area (Å²) in [6.45, 7) is 3.51. The van der Waals surface area contributed by atoms with Crippen LogP contribution in [0.15, 0.2) is 24.3 Å². The molecule has 4 nitrogen and oxygen atoms in total. The molecule has 1 N–H and O–H groups in total. The van der Waals surface area contributed by atoms with Crippen LogP contribution in [0, 0.1) is 5.41 Å². The molecule has 1 fully saturated rings. The molecule has 0 aromatic heterocycles. The van der Waals surface area contributed by atoms with Gasteiger partial charge < -0.3 is 5.32 Å². The molecule has 108 valence electrons. The summed E-state index contributed by atoms with van der Waals surface area (Å²) in [5, 5.41) is 2.54. The summed E-state index contributed by atoms with van der Waals surface area (Å²) in [6, 6.07) is 3.28. The predicted octanol–water partition coefficient (Wildman–Crippen LogP) is 2.79. The molecule has 0 spiro atoms. The number of nitrogens with one attached hydrogen (secondary N) is 1. The first-order valence-electron chi connectivity index (χ1n) is 5.92. The highest BCUT2D eigenvalue weighted by atomic mass is 19.4. The summed E-state index contributed by atoms with van der Waals surface area (Å²) >= 11 is 0. The fourth-order valence-electron chi connectivity index (χ4n) is 1.88. The van der Waals surface area contributed by atoms with Gasteiger partial charge in [0, 0.05) is 6.54 Å². The highest BCUT2D eigenvalue weighted by Gasteiger charge is 2.41. The summed E-state index contributed by atoms with van der Waals surface area (Å²) < 4.78 is 37.4. The molecular formula is C13H13F3N2O2. The van der Waals surface area contributed by atoms with Crippen LogP contribution in [-0.2, 0) is 11.0 Å². The Morgan fingerprint density at radius 2 is 1.70 bits per heavy atom. The number of hydrogen-bond acceptors (Lipinski definition) is 2. The molecule has 1 saturated heterocycles. The number of benzene rings is 1. The molecule has 1 aromatic carbocycles. The lowest BCUT2D eigenvalue weighted by Crippen LogP contribution is -2.59. The van der Waals surface area contributed by atoms with Crippen molar-refractivity contribution in [2.75, 3.05) is 11.4 Å². The highest BCUT2D eigenvalue weighted by Crippen LogP contribution is 2.32. The molecule has 0 atom stereocenters. The van der Waals surface area contributed by atoms with Crippen molar-refractivity contribution in [3.63, 3.8) is 0 Å². The van der Waals surface area contributed by atoms with Crippen LogP contribution in [0.25, 0.3) is 0 Å². The molecule has 7 heteroatoms. The van der Waals surface area contributed by atoms with Gasteiger partial charge in [-0.2, -0.15) is 13.2 Å². The second-order valence-corrected chi connectivity index (χ2v) is 5.23. The Kier molecular flexibility index (Phi) is 3.23. The van der Waals surface area contributed by atoms with E-state index >= 15 is 0 Å². The second kappa shape index (κ2) is 4.50. The number of halogens is 3. The van der Waals surface area contributed by atoms with E-state index in [4.69, 9.17) is 0 Å². The number of imide groups is 1. The summed E-state index contributed by atoms with van der Waals surface area (Å²) in [6.07, 6.45) is -4.45. The first-order chi connectivity index (χ1) is 9.13. The van der Waals surface area contributed by atoms with Crippen LogP contribution in [0.5, 0.6) is 0 Å². The fourth-order valence-corrected chi connectivity index (χ4v) is 1.88. The zero-order valence-corrected chi connectivity index (χ0v) is 10.9. The third kappa shape index (κ3) is 2.48. The lowest BCUT2D eigenvalue weighted by molar-refractivity contribution is -0.137. The van der Waals surface area contributed by atoms with E-state index in [9.17, 15) is 22.8 Å².